The third kappa shape index (κ3) is 9.78. The molecular weight excluding hydrogens is 879 g/mol. The number of aliphatic imine (C=N–C) groups is 1. The van der Waals surface area contributed by atoms with E-state index in [1.165, 1.54) is 14.2 Å². The summed E-state index contributed by atoms with van der Waals surface area (Å²) in [4.78, 5) is 75.0. The molecule has 0 radical (unpaired) electrons. The Hall–Kier alpha value is -7.88. The van der Waals surface area contributed by atoms with Crippen LogP contribution < -0.4 is 50.0 Å². The maximum Gasteiger partial charge on any atom is 0.261 e. The molecule has 0 fully saturated rings. The van der Waals surface area contributed by atoms with Gasteiger partial charge in [-0.15, -0.1) is 0 Å². The summed E-state index contributed by atoms with van der Waals surface area (Å²) in [7, 11) is 3.02. The van der Waals surface area contributed by atoms with Crippen LogP contribution in [0.2, 0.25) is 0 Å². The summed E-state index contributed by atoms with van der Waals surface area (Å²) in [5.41, 5.74) is 7.58. The molecule has 0 aromatic heterocycles. The minimum Gasteiger partial charge on any atom is -0.493 e. The highest BCUT2D eigenvalue weighted by atomic mass is 16.5. The van der Waals surface area contributed by atoms with Gasteiger partial charge in [0.1, 0.15) is 19.3 Å². The molecule has 5 aromatic rings. The van der Waals surface area contributed by atoms with Crippen molar-refractivity contribution in [1.29, 1.82) is 0 Å². The predicted octanol–water partition coefficient (Wildman–Crippen LogP) is 7.29. The average molecular weight is 934 g/mol. The number of benzene rings is 5. The van der Waals surface area contributed by atoms with Crippen LogP contribution in [0, 0.1) is 0 Å². The van der Waals surface area contributed by atoms with Crippen LogP contribution in [-0.4, -0.2) is 81.2 Å². The fourth-order valence-corrected chi connectivity index (χ4v) is 9.34. The number of amides is 5. The molecule has 0 aliphatic carbocycles. The minimum atomic E-state index is -0.950. The summed E-state index contributed by atoms with van der Waals surface area (Å²) in [5, 5.41) is 11.6. The number of hydrogen-bond acceptors (Lipinski definition) is 11. The van der Waals surface area contributed by atoms with Crippen LogP contribution >= 0.6 is 0 Å². The van der Waals surface area contributed by atoms with Crippen LogP contribution in [0.15, 0.2) is 96.0 Å². The van der Waals surface area contributed by atoms with Crippen LogP contribution in [-0.2, 0) is 40.4 Å². The number of carbonyl (C=O) groups excluding carboxylic acids is 5. The zero-order valence-electron chi connectivity index (χ0n) is 39.1. The molecule has 2 unspecified atom stereocenters. The van der Waals surface area contributed by atoms with Gasteiger partial charge >= 0.3 is 0 Å². The highest BCUT2D eigenvalue weighted by Crippen LogP contribution is 2.43. The van der Waals surface area contributed by atoms with E-state index in [9.17, 15) is 24.0 Å². The number of rotatable bonds is 17. The second-order valence-corrected chi connectivity index (χ2v) is 17.6. The summed E-state index contributed by atoms with van der Waals surface area (Å²) >= 11 is 0. The Bertz CT molecular complexity index is 2860. The van der Waals surface area contributed by atoms with Crippen LogP contribution in [0.3, 0.4) is 0 Å². The van der Waals surface area contributed by atoms with Crippen molar-refractivity contribution in [2.75, 3.05) is 47.7 Å². The van der Waals surface area contributed by atoms with Crippen molar-refractivity contribution in [2.24, 2.45) is 4.99 Å². The van der Waals surface area contributed by atoms with Gasteiger partial charge in [-0.2, -0.15) is 0 Å². The maximum atomic E-state index is 14.1. The molecule has 0 bridgehead atoms. The molecular formula is C53H55N7O9. The van der Waals surface area contributed by atoms with E-state index < -0.39 is 17.9 Å². The number of anilines is 4. The SMILES string of the molecule is CCCCCC(=O)NCC(=O)NC(C)C(=O)Nc1cc(COc2cc3c(cc2OC)C(=O)N2c4ccccc4C[C@H]2C=N3)cc(COc2cc3c(cc2OC)C(=O)N2c4ccccc4CC2CN3)c1. The number of methoxy groups -OCH3 is 2. The largest absolute Gasteiger partial charge is 0.493 e. The van der Waals surface area contributed by atoms with Gasteiger partial charge in [-0.3, -0.25) is 33.9 Å². The molecule has 356 valence electrons. The molecule has 4 N–H and O–H groups in total. The standard InChI is InChI=1S/C53H55N7O9/c1-5-6-7-16-49(61)56-28-50(62)57-31(2)51(63)58-36-18-32(29-68-47-24-41-39(22-45(47)66-3)52(64)59-37(26-54-41)20-34-12-8-10-14-43(34)59)17-33(19-36)30-69-48-25-42-40(23-46(48)67-4)53(65)60-38(27-55-42)21-35-13-9-11-15-44(35)60/h8-15,17-19,22-26,31,37-38,55H,5-7,16,20-21,27-30H2,1-4H3,(H,56,61)(H,57,62)(H,58,63)/t31?,37-,38?/m0/s1. The van der Waals surface area contributed by atoms with Gasteiger partial charge in [-0.05, 0) is 84.5 Å². The summed E-state index contributed by atoms with van der Waals surface area (Å²) in [6.07, 6.45) is 6.15. The van der Waals surface area contributed by atoms with Crippen molar-refractivity contribution >= 4 is 64.2 Å². The van der Waals surface area contributed by atoms with Gasteiger partial charge in [0.25, 0.3) is 11.8 Å². The lowest BCUT2D eigenvalue weighted by atomic mass is 10.1. The molecule has 0 saturated carbocycles. The highest BCUT2D eigenvalue weighted by Gasteiger charge is 2.39. The Morgan fingerprint density at radius 1 is 0.754 bits per heavy atom. The third-order valence-electron chi connectivity index (χ3n) is 12.8. The van der Waals surface area contributed by atoms with Gasteiger partial charge in [0.15, 0.2) is 23.0 Å². The van der Waals surface area contributed by atoms with Crippen LogP contribution in [0.5, 0.6) is 23.0 Å². The lowest BCUT2D eigenvalue weighted by Crippen LogP contribution is -2.45. The summed E-state index contributed by atoms with van der Waals surface area (Å²) in [6, 6.07) is 26.7. The number of nitrogens with one attached hydrogen (secondary N) is 4. The van der Waals surface area contributed by atoms with Crippen molar-refractivity contribution in [2.45, 2.75) is 83.7 Å². The quantitative estimate of drug-likeness (QED) is 0.0690. The number of fused-ring (bicyclic) bond motifs is 8. The number of ether oxygens (including phenoxy) is 4. The Balaban J connectivity index is 0.947. The molecule has 5 amide bonds. The number of unbranched alkanes of at least 4 members (excludes halogenated alkanes) is 2. The molecule has 5 aromatic carbocycles. The van der Waals surface area contributed by atoms with Crippen LogP contribution in [0.4, 0.5) is 28.4 Å². The zero-order valence-corrected chi connectivity index (χ0v) is 39.1. The maximum absolute atomic E-state index is 14.1. The smallest absolute Gasteiger partial charge is 0.261 e. The fourth-order valence-electron chi connectivity index (χ4n) is 9.34. The van der Waals surface area contributed by atoms with Gasteiger partial charge in [0, 0.05) is 54.8 Å². The third-order valence-corrected chi connectivity index (χ3v) is 12.8. The molecule has 3 atom stereocenters. The molecule has 0 spiro atoms. The predicted molar refractivity (Wildman–Crippen MR) is 263 cm³/mol. The average Bonchev–Trinajstić information content (AvgIpc) is 3.85. The topological polar surface area (TPSA) is 189 Å². The van der Waals surface area contributed by atoms with E-state index in [4.69, 9.17) is 23.9 Å². The van der Waals surface area contributed by atoms with Gasteiger partial charge in [-0.1, -0.05) is 56.2 Å². The summed E-state index contributed by atoms with van der Waals surface area (Å²) in [5.74, 6) is -0.0781. The molecule has 16 heteroatoms. The van der Waals surface area contributed by atoms with Crippen molar-refractivity contribution < 1.29 is 42.9 Å². The first-order chi connectivity index (χ1) is 33.5. The van der Waals surface area contributed by atoms with E-state index in [2.05, 4.69) is 27.3 Å². The molecule has 4 heterocycles. The zero-order chi connectivity index (χ0) is 48.2. The van der Waals surface area contributed by atoms with E-state index in [1.807, 2.05) is 60.4 Å². The lowest BCUT2D eigenvalue weighted by molar-refractivity contribution is -0.128. The number of carbonyl (C=O) groups is 5. The minimum absolute atomic E-state index is 0.00484. The molecule has 16 nitrogen and oxygen atoms in total. The molecule has 69 heavy (non-hydrogen) atoms. The van der Waals surface area contributed by atoms with E-state index >= 15 is 0 Å². The van der Waals surface area contributed by atoms with E-state index in [0.717, 1.165) is 48.2 Å². The van der Waals surface area contributed by atoms with Crippen molar-refractivity contribution in [1.82, 2.24) is 10.6 Å². The Morgan fingerprint density at radius 3 is 2.09 bits per heavy atom. The first-order valence-electron chi connectivity index (χ1n) is 23.3. The molecule has 0 saturated heterocycles. The van der Waals surface area contributed by atoms with Gasteiger partial charge < -0.3 is 45.1 Å². The van der Waals surface area contributed by atoms with Gasteiger partial charge in [0.2, 0.25) is 17.7 Å². The van der Waals surface area contributed by atoms with Crippen LogP contribution in [0.1, 0.15) is 82.5 Å². The van der Waals surface area contributed by atoms with Gasteiger partial charge in [-0.25, -0.2) is 0 Å². The van der Waals surface area contributed by atoms with Crippen molar-refractivity contribution in [3.05, 3.63) is 124 Å². The lowest BCUT2D eigenvalue weighted by Gasteiger charge is -2.22. The molecule has 4 aliphatic rings. The first-order valence-corrected chi connectivity index (χ1v) is 23.3. The Labute approximate surface area is 400 Å². The number of nitrogens with zero attached hydrogens (tertiary/aromatic N) is 3. The molecule has 9 rings (SSSR count). The van der Waals surface area contributed by atoms with Gasteiger partial charge in [0.05, 0.1) is 55.3 Å². The Morgan fingerprint density at radius 2 is 1.39 bits per heavy atom. The monoisotopic (exact) mass is 933 g/mol. The second kappa shape index (κ2) is 20.1. The Kier molecular flexibility index (Phi) is 13.5. The summed E-state index contributed by atoms with van der Waals surface area (Å²) < 4.78 is 24.4. The van der Waals surface area contributed by atoms with Crippen LogP contribution in [0.25, 0.3) is 0 Å². The first kappa shape index (κ1) is 46.2. The van der Waals surface area contributed by atoms with Crippen molar-refractivity contribution in [3.63, 3.8) is 0 Å². The van der Waals surface area contributed by atoms with E-state index in [0.29, 0.717) is 81.7 Å². The normalized spacial score (nSPS) is 16.5. The summed E-state index contributed by atoms with van der Waals surface area (Å²) in [6.45, 7) is 3.92. The second-order valence-electron chi connectivity index (χ2n) is 17.6. The molecule has 4 aliphatic heterocycles. The highest BCUT2D eigenvalue weighted by molar-refractivity contribution is 6.15. The number of para-hydroxylation sites is 2. The van der Waals surface area contributed by atoms with E-state index in [1.54, 1.807) is 54.4 Å². The fraction of sp³-hybridized carbons (Fsp3) is 0.321. The van der Waals surface area contributed by atoms with E-state index in [-0.39, 0.29) is 49.6 Å². The number of hydrogen-bond donors (Lipinski definition) is 4. The van der Waals surface area contributed by atoms with Crippen molar-refractivity contribution in [3.8, 4) is 23.0 Å².